The number of nitrogens with zero attached hydrogens (tertiary/aromatic N) is 1. The molecule has 2 aromatic carbocycles. The number of nitriles is 1. The van der Waals surface area contributed by atoms with Crippen LogP contribution in [0.15, 0.2) is 48.5 Å². The van der Waals surface area contributed by atoms with Crippen LogP contribution in [0.1, 0.15) is 22.6 Å². The summed E-state index contributed by atoms with van der Waals surface area (Å²) in [6.45, 7) is 0.901. The van der Waals surface area contributed by atoms with Crippen LogP contribution in [0, 0.1) is 11.3 Å². The van der Waals surface area contributed by atoms with Crippen molar-refractivity contribution >= 4 is 5.69 Å². The molecule has 0 aromatic heterocycles. The molecule has 0 aliphatic carbocycles. The van der Waals surface area contributed by atoms with E-state index in [0.717, 1.165) is 18.7 Å². The molecule has 21 heavy (non-hydrogen) atoms. The molecule has 1 heterocycles. The normalized spacial score (nSPS) is 17.6. The monoisotopic (exact) mass is 277 g/mol. The zero-order valence-corrected chi connectivity index (χ0v) is 12.1. The van der Waals surface area contributed by atoms with Gasteiger partial charge >= 0.3 is 0 Å². The van der Waals surface area contributed by atoms with Gasteiger partial charge in [0.25, 0.3) is 0 Å². The number of rotatable bonds is 4. The molecule has 2 atom stereocenters. The van der Waals surface area contributed by atoms with Crippen molar-refractivity contribution < 1.29 is 0 Å². The molecule has 0 bridgehead atoms. The smallest absolute Gasteiger partial charge is 0.118 e. The van der Waals surface area contributed by atoms with Crippen LogP contribution in [-0.4, -0.2) is 19.6 Å². The molecule has 0 radical (unpaired) electrons. The maximum absolute atomic E-state index is 9.06. The maximum atomic E-state index is 9.06. The summed E-state index contributed by atoms with van der Waals surface area (Å²) in [4.78, 5) is 0. The van der Waals surface area contributed by atoms with Crippen molar-refractivity contribution in [1.82, 2.24) is 5.32 Å². The fraction of sp³-hybridized carbons (Fsp3) is 0.278. The van der Waals surface area contributed by atoms with E-state index in [1.165, 1.54) is 16.7 Å². The Balaban J connectivity index is 1.93. The van der Waals surface area contributed by atoms with Crippen molar-refractivity contribution in [3.05, 3.63) is 65.2 Å². The molecular formula is C18H19N3. The number of hydrogen-bond acceptors (Lipinski definition) is 3. The van der Waals surface area contributed by atoms with Crippen LogP contribution in [0.4, 0.5) is 5.69 Å². The van der Waals surface area contributed by atoms with Gasteiger partial charge in [0.1, 0.15) is 6.04 Å². The lowest BCUT2D eigenvalue weighted by molar-refractivity contribution is 0.707. The average Bonchev–Trinajstić information content (AvgIpc) is 2.95. The SMILES string of the molecule is CNCC(c1ccccc1)c1ccc2c(c1)CC(C#N)N2. The van der Waals surface area contributed by atoms with E-state index in [-0.39, 0.29) is 6.04 Å². The highest BCUT2D eigenvalue weighted by Gasteiger charge is 2.22. The number of anilines is 1. The van der Waals surface area contributed by atoms with Gasteiger partial charge in [0.2, 0.25) is 0 Å². The minimum absolute atomic E-state index is 0.0882. The summed E-state index contributed by atoms with van der Waals surface area (Å²) in [5, 5.41) is 15.6. The summed E-state index contributed by atoms with van der Waals surface area (Å²) in [5.41, 5.74) is 4.96. The lowest BCUT2D eigenvalue weighted by atomic mass is 9.89. The molecule has 0 spiro atoms. The molecule has 3 heteroatoms. The molecule has 2 unspecified atom stereocenters. The Morgan fingerprint density at radius 2 is 2.05 bits per heavy atom. The molecule has 0 amide bonds. The Kier molecular flexibility index (Phi) is 3.89. The molecular weight excluding hydrogens is 258 g/mol. The summed E-state index contributed by atoms with van der Waals surface area (Å²) in [6, 6.07) is 19.3. The summed E-state index contributed by atoms with van der Waals surface area (Å²) in [6.07, 6.45) is 0.792. The third-order valence-corrected chi connectivity index (χ3v) is 4.05. The van der Waals surface area contributed by atoms with Crippen molar-refractivity contribution in [2.45, 2.75) is 18.4 Å². The summed E-state index contributed by atoms with van der Waals surface area (Å²) in [7, 11) is 1.98. The molecule has 2 aromatic rings. The topological polar surface area (TPSA) is 47.9 Å². The van der Waals surface area contributed by atoms with E-state index in [1.807, 2.05) is 13.1 Å². The van der Waals surface area contributed by atoms with Gasteiger partial charge in [0.15, 0.2) is 0 Å². The lowest BCUT2D eigenvalue weighted by Crippen LogP contribution is -2.18. The zero-order chi connectivity index (χ0) is 14.7. The number of benzene rings is 2. The van der Waals surface area contributed by atoms with Crippen molar-refractivity contribution in [2.24, 2.45) is 0 Å². The van der Waals surface area contributed by atoms with Crippen LogP contribution in [0.2, 0.25) is 0 Å². The largest absolute Gasteiger partial charge is 0.369 e. The maximum Gasteiger partial charge on any atom is 0.118 e. The minimum atomic E-state index is -0.0882. The van der Waals surface area contributed by atoms with Gasteiger partial charge in [0, 0.05) is 24.6 Å². The second-order valence-electron chi connectivity index (χ2n) is 5.47. The van der Waals surface area contributed by atoms with Gasteiger partial charge in [-0.15, -0.1) is 0 Å². The lowest BCUT2D eigenvalue weighted by Gasteiger charge is -2.18. The van der Waals surface area contributed by atoms with Crippen molar-refractivity contribution in [2.75, 3.05) is 18.9 Å². The molecule has 0 fully saturated rings. The Hall–Kier alpha value is -2.31. The van der Waals surface area contributed by atoms with Crippen LogP contribution >= 0.6 is 0 Å². The number of fused-ring (bicyclic) bond motifs is 1. The van der Waals surface area contributed by atoms with E-state index < -0.39 is 0 Å². The molecule has 3 rings (SSSR count). The summed E-state index contributed by atoms with van der Waals surface area (Å²) < 4.78 is 0. The number of nitrogens with one attached hydrogen (secondary N) is 2. The first-order chi connectivity index (χ1) is 10.3. The van der Waals surface area contributed by atoms with Gasteiger partial charge in [-0.2, -0.15) is 5.26 Å². The highest BCUT2D eigenvalue weighted by atomic mass is 14.9. The molecule has 1 aliphatic rings. The minimum Gasteiger partial charge on any atom is -0.369 e. The van der Waals surface area contributed by atoms with Gasteiger partial charge < -0.3 is 10.6 Å². The number of likely N-dealkylation sites (N-methyl/N-ethyl adjacent to an activating group) is 1. The Bertz CT molecular complexity index is 658. The van der Waals surface area contributed by atoms with Crippen molar-refractivity contribution in [1.29, 1.82) is 5.26 Å². The first-order valence-electron chi connectivity index (χ1n) is 7.30. The molecule has 3 nitrogen and oxygen atoms in total. The van der Waals surface area contributed by atoms with E-state index in [0.29, 0.717) is 5.92 Å². The van der Waals surface area contributed by atoms with Crippen molar-refractivity contribution in [3.8, 4) is 6.07 Å². The van der Waals surface area contributed by atoms with Gasteiger partial charge in [0.05, 0.1) is 6.07 Å². The fourth-order valence-corrected chi connectivity index (χ4v) is 2.99. The molecule has 1 aliphatic heterocycles. The number of hydrogen-bond donors (Lipinski definition) is 2. The first-order valence-corrected chi connectivity index (χ1v) is 7.30. The van der Waals surface area contributed by atoms with Crippen LogP contribution < -0.4 is 10.6 Å². The van der Waals surface area contributed by atoms with Gasteiger partial charge in [-0.3, -0.25) is 0 Å². The Morgan fingerprint density at radius 1 is 1.24 bits per heavy atom. The Morgan fingerprint density at radius 3 is 2.76 bits per heavy atom. The van der Waals surface area contributed by atoms with E-state index in [4.69, 9.17) is 5.26 Å². The van der Waals surface area contributed by atoms with Crippen molar-refractivity contribution in [3.63, 3.8) is 0 Å². The summed E-state index contributed by atoms with van der Waals surface area (Å²) in [5.74, 6) is 0.336. The quantitative estimate of drug-likeness (QED) is 0.903. The standard InChI is InChI=1S/C18H19N3/c1-20-12-17(13-5-3-2-4-6-13)14-7-8-18-15(9-14)10-16(11-19)21-18/h2-9,16-17,20-21H,10,12H2,1H3. The van der Waals surface area contributed by atoms with Crippen LogP contribution in [0.25, 0.3) is 0 Å². The van der Waals surface area contributed by atoms with Crippen LogP contribution in [0.3, 0.4) is 0 Å². The molecule has 106 valence electrons. The van der Waals surface area contributed by atoms with E-state index in [2.05, 4.69) is 59.2 Å². The highest BCUT2D eigenvalue weighted by molar-refractivity contribution is 5.60. The average molecular weight is 277 g/mol. The first kappa shape index (κ1) is 13.7. The highest BCUT2D eigenvalue weighted by Crippen LogP contribution is 2.31. The third kappa shape index (κ3) is 2.76. The molecule has 0 saturated heterocycles. The second-order valence-corrected chi connectivity index (χ2v) is 5.47. The van der Waals surface area contributed by atoms with Crippen LogP contribution in [-0.2, 0) is 6.42 Å². The van der Waals surface area contributed by atoms with E-state index in [1.54, 1.807) is 0 Å². The predicted molar refractivity (Wildman–Crippen MR) is 85.4 cm³/mol. The molecule has 2 N–H and O–H groups in total. The van der Waals surface area contributed by atoms with E-state index in [9.17, 15) is 0 Å². The Labute approximate surface area is 125 Å². The molecule has 0 saturated carbocycles. The predicted octanol–water partition coefficient (Wildman–Crippen LogP) is 2.90. The van der Waals surface area contributed by atoms with E-state index >= 15 is 0 Å². The van der Waals surface area contributed by atoms with Crippen LogP contribution in [0.5, 0.6) is 0 Å². The fourth-order valence-electron chi connectivity index (χ4n) is 2.99. The van der Waals surface area contributed by atoms with Gasteiger partial charge in [-0.25, -0.2) is 0 Å². The second kappa shape index (κ2) is 5.99. The van der Waals surface area contributed by atoms with Gasteiger partial charge in [-0.05, 0) is 29.8 Å². The third-order valence-electron chi connectivity index (χ3n) is 4.05. The zero-order valence-electron chi connectivity index (χ0n) is 12.1. The van der Waals surface area contributed by atoms with Gasteiger partial charge in [-0.1, -0.05) is 42.5 Å². The summed E-state index contributed by atoms with van der Waals surface area (Å²) >= 11 is 0.